The van der Waals surface area contributed by atoms with Gasteiger partial charge in [0.25, 0.3) is 0 Å². The Labute approximate surface area is 119 Å². The summed E-state index contributed by atoms with van der Waals surface area (Å²) in [7, 11) is 1.33. The third-order valence-electron chi connectivity index (χ3n) is 2.72. The van der Waals surface area contributed by atoms with Gasteiger partial charge in [-0.1, -0.05) is 17.7 Å². The maximum Gasteiger partial charge on any atom is 0.307 e. The van der Waals surface area contributed by atoms with Gasteiger partial charge in [-0.25, -0.2) is 0 Å². The molecule has 1 aromatic rings. The number of methoxy groups -OCH3 is 1. The molecule has 0 unspecified atom stereocenters. The van der Waals surface area contributed by atoms with Gasteiger partial charge in [-0.05, 0) is 25.5 Å². The number of hydrogen-bond donors (Lipinski definition) is 1. The minimum Gasteiger partial charge on any atom is -0.494 e. The molecule has 0 radical (unpaired) electrons. The molecule has 1 aromatic carbocycles. The number of amides is 1. The quantitative estimate of drug-likeness (QED) is 0.582. The van der Waals surface area contributed by atoms with Crippen molar-refractivity contribution in [2.75, 3.05) is 20.3 Å². The highest BCUT2D eigenvalue weighted by molar-refractivity contribution is 5.76. The lowest BCUT2D eigenvalue weighted by atomic mass is 10.2. The van der Waals surface area contributed by atoms with Crippen LogP contribution in [0.25, 0.3) is 0 Å². The van der Waals surface area contributed by atoms with Crippen molar-refractivity contribution in [3.05, 3.63) is 29.8 Å². The normalized spacial score (nSPS) is 9.90. The molecule has 5 nitrogen and oxygen atoms in total. The van der Waals surface area contributed by atoms with Gasteiger partial charge < -0.3 is 14.8 Å². The average Bonchev–Trinajstić information content (AvgIpc) is 2.45. The molecule has 1 amide bonds. The van der Waals surface area contributed by atoms with Crippen LogP contribution in [0.5, 0.6) is 5.75 Å². The van der Waals surface area contributed by atoms with Gasteiger partial charge in [0.15, 0.2) is 0 Å². The summed E-state index contributed by atoms with van der Waals surface area (Å²) in [4.78, 5) is 22.3. The molecule has 0 saturated heterocycles. The van der Waals surface area contributed by atoms with E-state index < -0.39 is 0 Å². The second-order valence-corrected chi connectivity index (χ2v) is 4.44. The Bertz CT molecular complexity index is 428. The van der Waals surface area contributed by atoms with E-state index in [0.29, 0.717) is 26.0 Å². The Morgan fingerprint density at radius 1 is 1.15 bits per heavy atom. The summed E-state index contributed by atoms with van der Waals surface area (Å²) in [6.07, 6.45) is 1.22. The molecular weight excluding hydrogens is 258 g/mol. The van der Waals surface area contributed by atoms with Crippen LogP contribution in [-0.4, -0.2) is 32.1 Å². The van der Waals surface area contributed by atoms with Crippen molar-refractivity contribution < 1.29 is 19.1 Å². The summed E-state index contributed by atoms with van der Waals surface area (Å²) < 4.78 is 10.00. The smallest absolute Gasteiger partial charge is 0.307 e. The van der Waals surface area contributed by atoms with Crippen molar-refractivity contribution in [3.8, 4) is 5.75 Å². The molecule has 0 bridgehead atoms. The topological polar surface area (TPSA) is 64.6 Å². The van der Waals surface area contributed by atoms with Gasteiger partial charge >= 0.3 is 5.97 Å². The van der Waals surface area contributed by atoms with E-state index in [1.165, 1.54) is 12.7 Å². The third-order valence-corrected chi connectivity index (χ3v) is 2.72. The Morgan fingerprint density at radius 3 is 2.50 bits per heavy atom. The van der Waals surface area contributed by atoms with Crippen molar-refractivity contribution in [2.45, 2.75) is 26.2 Å². The first-order valence-corrected chi connectivity index (χ1v) is 6.65. The predicted octanol–water partition coefficient (Wildman–Crippen LogP) is 1.83. The monoisotopic (exact) mass is 279 g/mol. The van der Waals surface area contributed by atoms with Crippen LogP contribution in [0.2, 0.25) is 0 Å². The fraction of sp³-hybridized carbons (Fsp3) is 0.467. The molecule has 0 aliphatic carbocycles. The van der Waals surface area contributed by atoms with Crippen molar-refractivity contribution in [3.63, 3.8) is 0 Å². The summed E-state index contributed by atoms with van der Waals surface area (Å²) in [5.74, 6) is 0.399. The summed E-state index contributed by atoms with van der Waals surface area (Å²) in [6, 6.07) is 7.78. The summed E-state index contributed by atoms with van der Waals surface area (Å²) in [5.41, 5.74) is 1.18. The molecule has 20 heavy (non-hydrogen) atoms. The van der Waals surface area contributed by atoms with Crippen molar-refractivity contribution in [1.29, 1.82) is 0 Å². The van der Waals surface area contributed by atoms with Gasteiger partial charge in [-0.2, -0.15) is 0 Å². The third kappa shape index (κ3) is 6.78. The van der Waals surface area contributed by atoms with Gasteiger partial charge in [-0.3, -0.25) is 9.59 Å². The Hall–Kier alpha value is -2.04. The first-order valence-electron chi connectivity index (χ1n) is 6.65. The number of carbonyl (C=O) groups is 2. The highest BCUT2D eigenvalue weighted by Gasteiger charge is 2.04. The van der Waals surface area contributed by atoms with E-state index in [0.717, 1.165) is 5.75 Å². The fourth-order valence-electron chi connectivity index (χ4n) is 1.55. The maximum atomic E-state index is 11.5. The Balaban J connectivity index is 2.07. The van der Waals surface area contributed by atoms with Crippen LogP contribution in [-0.2, 0) is 14.3 Å². The molecule has 5 heteroatoms. The van der Waals surface area contributed by atoms with Crippen molar-refractivity contribution in [1.82, 2.24) is 5.32 Å². The zero-order chi connectivity index (χ0) is 14.8. The molecule has 1 rings (SSSR count). The molecule has 0 atom stereocenters. The molecule has 0 fully saturated rings. The molecule has 0 aliphatic rings. The molecule has 110 valence electrons. The molecular formula is C15H21NO4. The van der Waals surface area contributed by atoms with E-state index in [9.17, 15) is 9.59 Å². The number of rotatable bonds is 8. The van der Waals surface area contributed by atoms with Crippen LogP contribution >= 0.6 is 0 Å². The lowest BCUT2D eigenvalue weighted by Crippen LogP contribution is -2.26. The predicted molar refractivity (Wildman–Crippen MR) is 75.6 cm³/mol. The molecule has 0 aromatic heterocycles. The van der Waals surface area contributed by atoms with Crippen LogP contribution in [0, 0.1) is 6.92 Å². The number of nitrogens with one attached hydrogen (secondary N) is 1. The van der Waals surface area contributed by atoms with E-state index in [4.69, 9.17) is 4.74 Å². The van der Waals surface area contributed by atoms with Gasteiger partial charge in [0.2, 0.25) is 5.91 Å². The highest BCUT2D eigenvalue weighted by Crippen LogP contribution is 2.11. The van der Waals surface area contributed by atoms with E-state index in [-0.39, 0.29) is 18.3 Å². The Kier molecular flexibility index (Phi) is 7.17. The number of hydrogen-bond acceptors (Lipinski definition) is 4. The minimum atomic E-state index is -0.326. The van der Waals surface area contributed by atoms with Crippen LogP contribution in [0.4, 0.5) is 0 Å². The highest BCUT2D eigenvalue weighted by atomic mass is 16.5. The number of carbonyl (C=O) groups excluding carboxylic acids is 2. The van der Waals surface area contributed by atoms with E-state index in [2.05, 4.69) is 10.1 Å². The number of esters is 1. The lowest BCUT2D eigenvalue weighted by Gasteiger charge is -2.07. The van der Waals surface area contributed by atoms with Gasteiger partial charge in [0, 0.05) is 13.0 Å². The molecule has 1 N–H and O–H groups in total. The van der Waals surface area contributed by atoms with Crippen LogP contribution < -0.4 is 10.1 Å². The van der Waals surface area contributed by atoms with E-state index in [1.807, 2.05) is 31.2 Å². The van der Waals surface area contributed by atoms with E-state index in [1.54, 1.807) is 0 Å². The number of ether oxygens (including phenoxy) is 2. The van der Waals surface area contributed by atoms with E-state index >= 15 is 0 Å². The van der Waals surface area contributed by atoms with Crippen LogP contribution in [0.3, 0.4) is 0 Å². The average molecular weight is 279 g/mol. The van der Waals surface area contributed by atoms with Gasteiger partial charge in [-0.15, -0.1) is 0 Å². The summed E-state index contributed by atoms with van der Waals surface area (Å²) >= 11 is 0. The molecule has 0 aliphatic heterocycles. The second kappa shape index (κ2) is 8.96. The lowest BCUT2D eigenvalue weighted by molar-refractivity contribution is -0.140. The van der Waals surface area contributed by atoms with Crippen molar-refractivity contribution >= 4 is 11.9 Å². The number of benzene rings is 1. The Morgan fingerprint density at radius 2 is 1.85 bits per heavy atom. The second-order valence-electron chi connectivity index (χ2n) is 4.44. The SMILES string of the molecule is COC(=O)CCNC(=O)CCCOc1ccc(C)cc1. The first-order chi connectivity index (χ1) is 9.61. The largest absolute Gasteiger partial charge is 0.494 e. The zero-order valence-electron chi connectivity index (χ0n) is 12.0. The fourth-order valence-corrected chi connectivity index (χ4v) is 1.55. The standard InChI is InChI=1S/C15H21NO4/c1-12-5-7-13(8-6-12)20-11-3-4-14(17)16-10-9-15(18)19-2/h5-8H,3-4,9-11H2,1-2H3,(H,16,17). The molecule has 0 spiro atoms. The van der Waals surface area contributed by atoms with Crippen molar-refractivity contribution in [2.24, 2.45) is 0 Å². The van der Waals surface area contributed by atoms with Gasteiger partial charge in [0.1, 0.15) is 5.75 Å². The summed E-state index contributed by atoms with van der Waals surface area (Å²) in [6.45, 7) is 2.82. The maximum absolute atomic E-state index is 11.5. The molecule has 0 saturated carbocycles. The van der Waals surface area contributed by atoms with Crippen LogP contribution in [0.1, 0.15) is 24.8 Å². The summed E-state index contributed by atoms with van der Waals surface area (Å²) in [5, 5.41) is 2.66. The minimum absolute atomic E-state index is 0.0820. The zero-order valence-corrected chi connectivity index (χ0v) is 12.0. The number of aryl methyl sites for hydroxylation is 1. The van der Waals surface area contributed by atoms with Gasteiger partial charge in [0.05, 0.1) is 20.1 Å². The molecule has 0 heterocycles. The van der Waals surface area contributed by atoms with Crippen LogP contribution in [0.15, 0.2) is 24.3 Å². The first kappa shape index (κ1) is 16.0.